The van der Waals surface area contributed by atoms with Gasteiger partial charge in [0.25, 0.3) is 0 Å². The summed E-state index contributed by atoms with van der Waals surface area (Å²) in [7, 11) is -2.36. The van der Waals surface area contributed by atoms with Crippen molar-refractivity contribution in [3.63, 3.8) is 0 Å². The number of hydrogen-bond donors (Lipinski definition) is 0. The summed E-state index contributed by atoms with van der Waals surface area (Å²) in [6.07, 6.45) is 3.37. The van der Waals surface area contributed by atoms with E-state index in [0.717, 1.165) is 5.56 Å². The fourth-order valence-corrected chi connectivity index (χ4v) is 6.41. The summed E-state index contributed by atoms with van der Waals surface area (Å²) >= 11 is 0. The van der Waals surface area contributed by atoms with Crippen molar-refractivity contribution in [1.29, 1.82) is 0 Å². The average Bonchev–Trinajstić information content (AvgIpc) is 3.15. The monoisotopic (exact) mass is 437 g/mol. The fourth-order valence-electron chi connectivity index (χ4n) is 4.16. The van der Waals surface area contributed by atoms with Gasteiger partial charge in [-0.05, 0) is 25.8 Å². The van der Waals surface area contributed by atoms with Gasteiger partial charge in [0.1, 0.15) is 6.61 Å². The predicted octanol–water partition coefficient (Wildman–Crippen LogP) is 3.93. The highest BCUT2D eigenvalue weighted by atomic mass is 31.2. The molecule has 1 heterocycles. The summed E-state index contributed by atoms with van der Waals surface area (Å²) < 4.78 is 35.0. The molecule has 164 valence electrons. The SMILES string of the molecule is CCOP(=O)(OCC)[C@H]1CC=C[C@@H](N2C(=O)OC[C@H]2c2ccccc2)[C@@H]1C(=O)OC. The number of cyclic esters (lactones) is 1. The smallest absolute Gasteiger partial charge is 0.411 e. The molecule has 0 spiro atoms. The maximum absolute atomic E-state index is 13.6. The molecule has 0 saturated carbocycles. The standard InChI is InChI=1S/C21H28NO7P/c1-4-28-30(25,29-5-2)18-13-9-12-16(19(18)20(23)26-3)22-17(14-27-21(22)24)15-10-7-6-8-11-15/h6-12,16-19H,4-5,13-14H2,1-3H3/t16-,17+,18+,19+/m1/s1. The summed E-state index contributed by atoms with van der Waals surface area (Å²) in [5, 5.41) is 0. The Morgan fingerprint density at radius 2 is 1.87 bits per heavy atom. The van der Waals surface area contributed by atoms with Crippen molar-refractivity contribution < 1.29 is 32.7 Å². The van der Waals surface area contributed by atoms with Gasteiger partial charge in [-0.15, -0.1) is 0 Å². The largest absolute Gasteiger partial charge is 0.469 e. The van der Waals surface area contributed by atoms with Gasteiger partial charge in [0.2, 0.25) is 0 Å². The zero-order valence-corrected chi connectivity index (χ0v) is 18.3. The minimum absolute atomic E-state index is 0.167. The van der Waals surface area contributed by atoms with E-state index in [4.69, 9.17) is 18.5 Å². The van der Waals surface area contributed by atoms with Crippen LogP contribution in [-0.4, -0.2) is 55.6 Å². The van der Waals surface area contributed by atoms with Crippen LogP contribution in [-0.2, 0) is 27.9 Å². The third-order valence-corrected chi connectivity index (χ3v) is 7.99. The summed E-state index contributed by atoms with van der Waals surface area (Å²) in [6.45, 7) is 3.96. The molecule has 1 aliphatic carbocycles. The Balaban J connectivity index is 2.02. The van der Waals surface area contributed by atoms with E-state index in [-0.39, 0.29) is 25.9 Å². The molecular weight excluding hydrogens is 409 g/mol. The first kappa shape index (κ1) is 22.5. The van der Waals surface area contributed by atoms with Crippen molar-refractivity contribution in [3.05, 3.63) is 48.0 Å². The van der Waals surface area contributed by atoms with Crippen LogP contribution in [0.3, 0.4) is 0 Å². The highest BCUT2D eigenvalue weighted by Gasteiger charge is 2.53. The maximum Gasteiger partial charge on any atom is 0.411 e. The van der Waals surface area contributed by atoms with Crippen LogP contribution in [0.1, 0.15) is 31.9 Å². The van der Waals surface area contributed by atoms with Crippen LogP contribution in [0, 0.1) is 5.92 Å². The highest BCUT2D eigenvalue weighted by Crippen LogP contribution is 2.59. The summed E-state index contributed by atoms with van der Waals surface area (Å²) in [4.78, 5) is 27.1. The summed E-state index contributed by atoms with van der Waals surface area (Å²) in [5.74, 6) is -1.48. The molecule has 0 bridgehead atoms. The highest BCUT2D eigenvalue weighted by molar-refractivity contribution is 7.54. The lowest BCUT2D eigenvalue weighted by molar-refractivity contribution is -0.147. The molecule has 0 unspecified atom stereocenters. The average molecular weight is 437 g/mol. The second kappa shape index (κ2) is 9.77. The van der Waals surface area contributed by atoms with E-state index in [1.807, 2.05) is 36.4 Å². The quantitative estimate of drug-likeness (QED) is 0.346. The van der Waals surface area contributed by atoms with Crippen LogP contribution in [0.2, 0.25) is 0 Å². The first-order chi connectivity index (χ1) is 14.5. The second-order valence-corrected chi connectivity index (χ2v) is 9.32. The summed E-state index contributed by atoms with van der Waals surface area (Å²) in [6, 6.07) is 8.38. The Morgan fingerprint density at radius 1 is 1.20 bits per heavy atom. The lowest BCUT2D eigenvalue weighted by Crippen LogP contribution is -2.50. The number of amides is 1. The van der Waals surface area contributed by atoms with Gasteiger partial charge in [0.05, 0.1) is 44.0 Å². The molecule has 30 heavy (non-hydrogen) atoms. The molecule has 1 saturated heterocycles. The van der Waals surface area contributed by atoms with Gasteiger partial charge in [-0.3, -0.25) is 14.3 Å². The topological polar surface area (TPSA) is 91.4 Å². The summed E-state index contributed by atoms with van der Waals surface area (Å²) in [5.41, 5.74) is 0.116. The minimum Gasteiger partial charge on any atom is -0.469 e. The number of carbonyl (C=O) groups excluding carboxylic acids is 2. The van der Waals surface area contributed by atoms with Crippen LogP contribution in [0.25, 0.3) is 0 Å². The molecule has 1 aliphatic heterocycles. The molecule has 1 amide bonds. The molecule has 0 radical (unpaired) electrons. The van der Waals surface area contributed by atoms with Gasteiger partial charge in [-0.1, -0.05) is 42.5 Å². The van der Waals surface area contributed by atoms with Crippen molar-refractivity contribution in [2.45, 2.75) is 38.0 Å². The molecule has 8 nitrogen and oxygen atoms in total. The normalized spacial score (nSPS) is 26.5. The first-order valence-electron chi connectivity index (χ1n) is 10.1. The molecule has 1 aromatic rings. The Labute approximate surface area is 176 Å². The number of allylic oxidation sites excluding steroid dienone is 1. The first-order valence-corrected chi connectivity index (χ1v) is 11.7. The molecule has 0 N–H and O–H groups in total. The number of rotatable bonds is 8. The van der Waals surface area contributed by atoms with Gasteiger partial charge in [0, 0.05) is 0 Å². The van der Waals surface area contributed by atoms with Crippen LogP contribution < -0.4 is 0 Å². The number of nitrogens with zero attached hydrogens (tertiary/aromatic N) is 1. The number of ether oxygens (including phenoxy) is 2. The van der Waals surface area contributed by atoms with Crippen LogP contribution in [0.5, 0.6) is 0 Å². The molecule has 1 aromatic carbocycles. The number of esters is 1. The van der Waals surface area contributed by atoms with E-state index in [2.05, 4.69) is 0 Å². The Bertz CT molecular complexity index is 818. The van der Waals surface area contributed by atoms with Crippen molar-refractivity contribution in [1.82, 2.24) is 4.90 Å². The van der Waals surface area contributed by atoms with E-state index < -0.39 is 37.3 Å². The van der Waals surface area contributed by atoms with E-state index in [9.17, 15) is 14.2 Å². The Kier molecular flexibility index (Phi) is 7.34. The van der Waals surface area contributed by atoms with Crippen molar-refractivity contribution in [2.75, 3.05) is 26.9 Å². The van der Waals surface area contributed by atoms with Crippen LogP contribution in [0.15, 0.2) is 42.5 Å². The number of carbonyl (C=O) groups is 2. The third kappa shape index (κ3) is 4.31. The Morgan fingerprint density at radius 3 is 2.47 bits per heavy atom. The van der Waals surface area contributed by atoms with Gasteiger partial charge >= 0.3 is 19.7 Å². The fraction of sp³-hybridized carbons (Fsp3) is 0.524. The van der Waals surface area contributed by atoms with E-state index in [1.54, 1.807) is 19.9 Å². The number of hydrogen-bond acceptors (Lipinski definition) is 7. The van der Waals surface area contributed by atoms with Crippen LogP contribution in [0.4, 0.5) is 4.79 Å². The number of methoxy groups -OCH3 is 1. The molecular formula is C21H28NO7P. The van der Waals surface area contributed by atoms with E-state index in [0.29, 0.717) is 6.42 Å². The van der Waals surface area contributed by atoms with Gasteiger partial charge in [-0.2, -0.15) is 0 Å². The van der Waals surface area contributed by atoms with Crippen molar-refractivity contribution in [2.24, 2.45) is 5.92 Å². The van der Waals surface area contributed by atoms with Crippen molar-refractivity contribution >= 4 is 19.7 Å². The van der Waals surface area contributed by atoms with Crippen molar-refractivity contribution in [3.8, 4) is 0 Å². The molecule has 3 rings (SSSR count). The zero-order chi connectivity index (χ0) is 21.7. The molecule has 0 aromatic heterocycles. The van der Waals surface area contributed by atoms with Gasteiger partial charge in [0.15, 0.2) is 0 Å². The third-order valence-electron chi connectivity index (χ3n) is 5.41. The second-order valence-electron chi connectivity index (χ2n) is 7.06. The van der Waals surface area contributed by atoms with E-state index in [1.165, 1.54) is 12.0 Å². The Hall–Kier alpha value is -2.15. The lowest BCUT2D eigenvalue weighted by atomic mass is 9.86. The molecule has 1 fully saturated rings. The van der Waals surface area contributed by atoms with Gasteiger partial charge < -0.3 is 18.5 Å². The molecule has 2 aliphatic rings. The lowest BCUT2D eigenvalue weighted by Gasteiger charge is -2.40. The van der Waals surface area contributed by atoms with E-state index >= 15 is 0 Å². The maximum atomic E-state index is 13.6. The molecule has 9 heteroatoms. The number of benzene rings is 1. The zero-order valence-electron chi connectivity index (χ0n) is 17.4. The molecule has 4 atom stereocenters. The van der Waals surface area contributed by atoms with Crippen LogP contribution >= 0.6 is 7.60 Å². The minimum atomic E-state index is -3.64. The predicted molar refractivity (Wildman–Crippen MR) is 110 cm³/mol. The van der Waals surface area contributed by atoms with Gasteiger partial charge in [-0.25, -0.2) is 4.79 Å².